The van der Waals surface area contributed by atoms with Gasteiger partial charge in [0.2, 0.25) is 23.6 Å². The molecule has 0 saturated carbocycles. The van der Waals surface area contributed by atoms with Gasteiger partial charge in [0.05, 0.1) is 48.7 Å². The van der Waals surface area contributed by atoms with Crippen LogP contribution in [0.1, 0.15) is 93.6 Å². The van der Waals surface area contributed by atoms with Gasteiger partial charge in [0.15, 0.2) is 0 Å². The van der Waals surface area contributed by atoms with E-state index in [2.05, 4.69) is 20.7 Å². The predicted octanol–water partition coefficient (Wildman–Crippen LogP) is 4.66. The summed E-state index contributed by atoms with van der Waals surface area (Å²) in [7, 11) is 6.25. The fourth-order valence-electron chi connectivity index (χ4n) is 8.36. The number of aliphatic carboxylic acids is 1. The molecule has 0 spiro atoms. The van der Waals surface area contributed by atoms with Crippen LogP contribution < -0.4 is 10.6 Å². The number of carbonyl (C=O) groups is 5. The summed E-state index contributed by atoms with van der Waals surface area (Å²) in [6.07, 6.45) is 0.382. The van der Waals surface area contributed by atoms with Crippen molar-refractivity contribution < 1.29 is 38.6 Å². The minimum atomic E-state index is -1.19. The number of hydrogen-bond acceptors (Lipinski definition) is 9. The molecule has 1 aliphatic heterocycles. The SMILES string of the molecule is CCC(C)C(C(CC(=O)N1CCC[C@H]1C(OC)C(C)C(=O)N(C(Cc1ccccc1)C(=O)O)C(C)(C)C)OC)N(C)C(=O)C(NC(=O)C(NC)C(C)C)C(C)N=[N+]=[N-]. The Morgan fingerprint density at radius 1 is 1.02 bits per heavy atom. The highest BCUT2D eigenvalue weighted by atomic mass is 16.5. The molecule has 0 aliphatic carbocycles. The summed E-state index contributed by atoms with van der Waals surface area (Å²) in [6.45, 7) is 16.8. The summed E-state index contributed by atoms with van der Waals surface area (Å²) in [5, 5.41) is 20.0. The van der Waals surface area contributed by atoms with Crippen molar-refractivity contribution in [3.8, 4) is 0 Å². The van der Waals surface area contributed by atoms with Crippen LogP contribution in [0.5, 0.6) is 0 Å². The third-order valence-electron chi connectivity index (χ3n) is 11.6. The Kier molecular flexibility index (Phi) is 19.6. The molecule has 326 valence electrons. The van der Waals surface area contributed by atoms with E-state index in [9.17, 15) is 34.6 Å². The van der Waals surface area contributed by atoms with Gasteiger partial charge < -0.3 is 39.9 Å². The number of methoxy groups -OCH3 is 2. The Balaban J connectivity index is 2.43. The summed E-state index contributed by atoms with van der Waals surface area (Å²) < 4.78 is 12.0. The second-order valence-corrected chi connectivity index (χ2v) is 17.0. The molecule has 10 atom stereocenters. The monoisotopic (exact) mass is 815 g/mol. The van der Waals surface area contributed by atoms with Gasteiger partial charge in [-0.2, -0.15) is 0 Å². The maximum atomic E-state index is 14.5. The molecular weight excluding hydrogens is 745 g/mol. The van der Waals surface area contributed by atoms with Gasteiger partial charge in [0.25, 0.3) is 0 Å². The smallest absolute Gasteiger partial charge is 0.326 e. The van der Waals surface area contributed by atoms with Gasteiger partial charge in [-0.1, -0.05) is 83.4 Å². The van der Waals surface area contributed by atoms with Crippen LogP contribution in [0.15, 0.2) is 35.4 Å². The zero-order valence-electron chi connectivity index (χ0n) is 37.0. The lowest BCUT2D eigenvalue weighted by Crippen LogP contribution is -2.61. The highest BCUT2D eigenvalue weighted by Gasteiger charge is 2.46. The van der Waals surface area contributed by atoms with E-state index in [-0.39, 0.29) is 36.5 Å². The van der Waals surface area contributed by atoms with Crippen molar-refractivity contribution >= 4 is 29.6 Å². The molecule has 9 unspecified atom stereocenters. The number of carboxylic acid groups (broad SMARTS) is 1. The Hall–Kier alpha value is -4.24. The first-order valence-electron chi connectivity index (χ1n) is 20.4. The topological polar surface area (TPSA) is 207 Å². The molecule has 4 amide bonds. The molecule has 0 radical (unpaired) electrons. The number of amides is 4. The lowest BCUT2D eigenvalue weighted by atomic mass is 9.89. The maximum Gasteiger partial charge on any atom is 0.326 e. The van der Waals surface area contributed by atoms with Gasteiger partial charge in [-0.05, 0) is 63.6 Å². The average molecular weight is 815 g/mol. The predicted molar refractivity (Wildman–Crippen MR) is 223 cm³/mol. The minimum absolute atomic E-state index is 0.0862. The summed E-state index contributed by atoms with van der Waals surface area (Å²) in [5.41, 5.74) is 9.18. The van der Waals surface area contributed by atoms with E-state index in [1.54, 1.807) is 32.8 Å². The molecule has 1 heterocycles. The van der Waals surface area contributed by atoms with E-state index < -0.39 is 77.7 Å². The van der Waals surface area contributed by atoms with Crippen LogP contribution in [0.2, 0.25) is 0 Å². The van der Waals surface area contributed by atoms with Gasteiger partial charge in [0, 0.05) is 44.7 Å². The first kappa shape index (κ1) is 49.9. The molecule has 0 bridgehead atoms. The van der Waals surface area contributed by atoms with Gasteiger partial charge in [-0.3, -0.25) is 19.2 Å². The Bertz CT molecular complexity index is 1570. The van der Waals surface area contributed by atoms with Crippen molar-refractivity contribution in [1.82, 2.24) is 25.3 Å². The summed E-state index contributed by atoms with van der Waals surface area (Å²) in [4.78, 5) is 76.8. The van der Waals surface area contributed by atoms with Crippen LogP contribution in [0.4, 0.5) is 0 Å². The lowest BCUT2D eigenvalue weighted by Gasteiger charge is -2.44. The summed E-state index contributed by atoms with van der Waals surface area (Å²) in [6, 6.07) is 4.24. The van der Waals surface area contributed by atoms with E-state index in [0.29, 0.717) is 25.8 Å². The molecule has 1 saturated heterocycles. The molecular formula is C42H70N8O8. The van der Waals surface area contributed by atoms with E-state index in [1.165, 1.54) is 24.0 Å². The van der Waals surface area contributed by atoms with Gasteiger partial charge in [-0.15, -0.1) is 0 Å². The average Bonchev–Trinajstić information content (AvgIpc) is 3.65. The largest absolute Gasteiger partial charge is 0.480 e. The molecule has 1 aliphatic rings. The number of carboxylic acids is 1. The molecule has 1 aromatic carbocycles. The number of ether oxygens (including phenoxy) is 2. The molecule has 16 nitrogen and oxygen atoms in total. The number of likely N-dealkylation sites (tertiary alicyclic amines) is 1. The second-order valence-electron chi connectivity index (χ2n) is 17.0. The number of likely N-dealkylation sites (N-methyl/N-ethyl adjacent to an activating group) is 2. The van der Waals surface area contributed by atoms with Crippen molar-refractivity contribution in [3.63, 3.8) is 0 Å². The number of nitrogens with one attached hydrogen (secondary N) is 2. The second kappa shape index (κ2) is 22.8. The molecule has 3 N–H and O–H groups in total. The number of carbonyl (C=O) groups excluding carboxylic acids is 4. The quantitative estimate of drug-likeness (QED) is 0.0845. The zero-order valence-corrected chi connectivity index (χ0v) is 37.0. The molecule has 2 rings (SSSR count). The summed E-state index contributed by atoms with van der Waals surface area (Å²) in [5.74, 6) is -3.70. The van der Waals surface area contributed by atoms with E-state index >= 15 is 0 Å². The van der Waals surface area contributed by atoms with Crippen molar-refractivity contribution in [2.45, 2.75) is 148 Å². The van der Waals surface area contributed by atoms with E-state index in [0.717, 1.165) is 5.56 Å². The highest BCUT2D eigenvalue weighted by Crippen LogP contribution is 2.32. The molecule has 16 heteroatoms. The highest BCUT2D eigenvalue weighted by molar-refractivity contribution is 5.91. The van der Waals surface area contributed by atoms with Crippen LogP contribution in [0, 0.1) is 17.8 Å². The number of rotatable bonds is 22. The van der Waals surface area contributed by atoms with Crippen molar-refractivity contribution in [1.29, 1.82) is 0 Å². The fraction of sp³-hybridized carbons (Fsp3) is 0.738. The fourth-order valence-corrected chi connectivity index (χ4v) is 8.36. The number of nitrogens with zero attached hydrogens (tertiary/aromatic N) is 6. The molecule has 1 fully saturated rings. The normalized spacial score (nSPS) is 19.1. The standard InChI is InChI=1S/C42H70N8O8/c1-14-26(4)36(48(11)40(54)35(28(6)46-47-43)45-38(52)34(44-10)25(2)3)32(57-12)24-33(51)49-22-18-21-30(49)37(58-13)27(5)39(53)50(42(7,8)9)31(41(55)56)23-29-19-16-15-17-20-29/h15-17,19-20,25-28,30-32,34-37,44H,14,18,21-24H2,1-13H3,(H,45,52)(H,55,56)/t26?,27?,28?,30-,31?,32?,34?,35?,36?,37?/m0/s1. The minimum Gasteiger partial charge on any atom is -0.480 e. The first-order valence-corrected chi connectivity index (χ1v) is 20.4. The van der Waals surface area contributed by atoms with E-state index in [4.69, 9.17) is 9.47 Å². The first-order chi connectivity index (χ1) is 27.2. The third kappa shape index (κ3) is 12.6. The zero-order chi connectivity index (χ0) is 44.1. The molecule has 1 aromatic rings. The Morgan fingerprint density at radius 3 is 2.12 bits per heavy atom. The Labute approximate surface area is 345 Å². The van der Waals surface area contributed by atoms with Gasteiger partial charge >= 0.3 is 5.97 Å². The number of benzene rings is 1. The summed E-state index contributed by atoms with van der Waals surface area (Å²) >= 11 is 0. The number of hydrogen-bond donors (Lipinski definition) is 3. The molecule has 58 heavy (non-hydrogen) atoms. The van der Waals surface area contributed by atoms with Gasteiger partial charge in [-0.25, -0.2) is 4.79 Å². The third-order valence-corrected chi connectivity index (χ3v) is 11.6. The van der Waals surface area contributed by atoms with Crippen molar-refractivity contribution in [3.05, 3.63) is 46.3 Å². The van der Waals surface area contributed by atoms with Crippen LogP contribution in [-0.4, -0.2) is 138 Å². The van der Waals surface area contributed by atoms with Gasteiger partial charge in [0.1, 0.15) is 12.1 Å². The van der Waals surface area contributed by atoms with Crippen molar-refractivity contribution in [2.24, 2.45) is 22.9 Å². The maximum absolute atomic E-state index is 14.5. The Morgan fingerprint density at radius 2 is 1.64 bits per heavy atom. The van der Waals surface area contributed by atoms with Crippen LogP contribution in [0.25, 0.3) is 10.4 Å². The lowest BCUT2D eigenvalue weighted by molar-refractivity contribution is -0.161. The van der Waals surface area contributed by atoms with Crippen LogP contribution >= 0.6 is 0 Å². The van der Waals surface area contributed by atoms with Crippen molar-refractivity contribution in [2.75, 3.05) is 34.9 Å². The van der Waals surface area contributed by atoms with Crippen LogP contribution in [-0.2, 0) is 39.9 Å². The van der Waals surface area contributed by atoms with Crippen LogP contribution in [0.3, 0.4) is 0 Å². The van der Waals surface area contributed by atoms with E-state index in [1.807, 2.05) is 78.8 Å². The molecule has 0 aromatic heterocycles. The number of azide groups is 1.